The minimum Gasteiger partial charge on any atom is -0.506 e. The summed E-state index contributed by atoms with van der Waals surface area (Å²) in [7, 11) is -1.69. The lowest BCUT2D eigenvalue weighted by atomic mass is 10.1. The predicted molar refractivity (Wildman–Crippen MR) is 112 cm³/mol. The molecule has 0 atom stereocenters. The van der Waals surface area contributed by atoms with E-state index >= 15 is 0 Å². The van der Waals surface area contributed by atoms with Gasteiger partial charge in [-0.3, -0.25) is 9.62 Å². The highest BCUT2D eigenvalue weighted by atomic mass is 35.5. The van der Waals surface area contributed by atoms with Gasteiger partial charge in [-0.25, -0.2) is 8.42 Å². The van der Waals surface area contributed by atoms with Crippen molar-refractivity contribution in [1.29, 1.82) is 0 Å². The molecule has 7 heteroatoms. The van der Waals surface area contributed by atoms with Gasteiger partial charge in [0.05, 0.1) is 9.92 Å². The molecule has 0 unspecified atom stereocenters. The first-order valence-electron chi connectivity index (χ1n) is 8.67. The van der Waals surface area contributed by atoms with Crippen LogP contribution in [0.2, 0.25) is 5.02 Å². The average molecular weight is 417 g/mol. The van der Waals surface area contributed by atoms with E-state index in [4.69, 9.17) is 11.6 Å². The molecule has 0 radical (unpaired) electrons. The highest BCUT2D eigenvalue weighted by Crippen LogP contribution is 2.27. The van der Waals surface area contributed by atoms with E-state index in [0.717, 1.165) is 11.1 Å². The number of benzene rings is 3. The average Bonchev–Trinajstić information content (AvgIpc) is 2.66. The normalized spacial score (nSPS) is 11.5. The largest absolute Gasteiger partial charge is 0.506 e. The van der Waals surface area contributed by atoms with Gasteiger partial charge in [-0.15, -0.1) is 0 Å². The molecule has 146 valence electrons. The number of phenols is 1. The summed E-state index contributed by atoms with van der Waals surface area (Å²) >= 11 is 6.14. The molecule has 0 aromatic heterocycles. The van der Waals surface area contributed by atoms with Crippen molar-refractivity contribution in [2.75, 3.05) is 11.8 Å². The third-order valence-electron chi connectivity index (χ3n) is 4.18. The number of nitrogens with zero attached hydrogens (tertiary/aromatic N) is 1. The maximum absolute atomic E-state index is 12.5. The van der Waals surface area contributed by atoms with E-state index in [1.165, 1.54) is 0 Å². The van der Waals surface area contributed by atoms with Crippen LogP contribution in [0, 0.1) is 0 Å². The Morgan fingerprint density at radius 3 is 2.43 bits per heavy atom. The SMILES string of the molecule is CN(Cc1cccc(NS(=O)(=O)c2ccccc2)c1)Cc1cccc(O)c1Cl. The zero-order valence-electron chi connectivity index (χ0n) is 15.3. The summed E-state index contributed by atoms with van der Waals surface area (Å²) in [4.78, 5) is 2.25. The number of hydrogen-bond donors (Lipinski definition) is 2. The molecule has 5 nitrogen and oxygen atoms in total. The van der Waals surface area contributed by atoms with Gasteiger partial charge in [-0.2, -0.15) is 0 Å². The van der Waals surface area contributed by atoms with Crippen LogP contribution >= 0.6 is 11.6 Å². The van der Waals surface area contributed by atoms with Crippen LogP contribution in [0.25, 0.3) is 0 Å². The topological polar surface area (TPSA) is 69.6 Å². The Hall–Kier alpha value is -2.54. The van der Waals surface area contributed by atoms with Gasteiger partial charge < -0.3 is 5.11 Å². The van der Waals surface area contributed by atoms with Crippen molar-refractivity contribution in [3.05, 3.63) is 88.9 Å². The molecule has 3 aromatic rings. The standard InChI is InChI=1S/C21H21ClN2O3S/c1-24(15-17-8-6-12-20(25)21(17)22)14-16-7-5-9-18(13-16)23-28(26,27)19-10-3-2-4-11-19/h2-13,23,25H,14-15H2,1H3. The highest BCUT2D eigenvalue weighted by molar-refractivity contribution is 7.92. The van der Waals surface area contributed by atoms with E-state index < -0.39 is 10.0 Å². The maximum Gasteiger partial charge on any atom is 0.261 e. The predicted octanol–water partition coefficient (Wildman–Crippen LogP) is 4.48. The molecule has 0 amide bonds. The minimum absolute atomic E-state index is 0.0601. The van der Waals surface area contributed by atoms with Gasteiger partial charge in [0, 0.05) is 18.8 Å². The number of halogens is 1. The molecule has 0 bridgehead atoms. The lowest BCUT2D eigenvalue weighted by Crippen LogP contribution is -2.18. The number of nitrogens with one attached hydrogen (secondary N) is 1. The van der Waals surface area contributed by atoms with Crippen molar-refractivity contribution >= 4 is 27.3 Å². The molecule has 0 saturated heterocycles. The molecule has 0 aliphatic heterocycles. The summed E-state index contributed by atoms with van der Waals surface area (Å²) in [6.45, 7) is 1.14. The molecule has 0 aliphatic carbocycles. The van der Waals surface area contributed by atoms with Gasteiger partial charge in [0.25, 0.3) is 10.0 Å². The number of hydrogen-bond acceptors (Lipinski definition) is 4. The fraction of sp³-hybridized carbons (Fsp3) is 0.143. The number of aromatic hydroxyl groups is 1. The molecule has 28 heavy (non-hydrogen) atoms. The fourth-order valence-corrected chi connectivity index (χ4v) is 4.15. The Morgan fingerprint density at radius 2 is 1.68 bits per heavy atom. The van der Waals surface area contributed by atoms with Crippen LogP contribution in [-0.2, 0) is 23.1 Å². The van der Waals surface area contributed by atoms with Gasteiger partial charge >= 0.3 is 0 Å². The Bertz CT molecular complexity index is 1060. The van der Waals surface area contributed by atoms with Crippen LogP contribution in [0.5, 0.6) is 5.75 Å². The molecule has 3 aromatic carbocycles. The number of sulfonamides is 1. The van der Waals surface area contributed by atoms with Crippen molar-refractivity contribution in [1.82, 2.24) is 4.90 Å². The Balaban J connectivity index is 1.70. The van der Waals surface area contributed by atoms with Crippen LogP contribution in [-0.4, -0.2) is 25.5 Å². The molecular weight excluding hydrogens is 396 g/mol. The third kappa shape index (κ3) is 5.04. The van der Waals surface area contributed by atoms with Crippen molar-refractivity contribution in [3.8, 4) is 5.75 Å². The van der Waals surface area contributed by atoms with E-state index in [-0.39, 0.29) is 10.6 Å². The van der Waals surface area contributed by atoms with E-state index in [2.05, 4.69) is 4.72 Å². The summed E-state index contributed by atoms with van der Waals surface area (Å²) in [6, 6.07) is 20.7. The van der Waals surface area contributed by atoms with E-state index in [1.807, 2.05) is 30.1 Å². The Kier molecular flexibility index (Phi) is 6.24. The van der Waals surface area contributed by atoms with Gasteiger partial charge in [-0.1, -0.05) is 54.1 Å². The smallest absolute Gasteiger partial charge is 0.261 e. The first-order chi connectivity index (χ1) is 13.3. The lowest BCUT2D eigenvalue weighted by molar-refractivity contribution is 0.318. The molecule has 2 N–H and O–H groups in total. The summed E-state index contributed by atoms with van der Waals surface area (Å²) in [6.07, 6.45) is 0. The molecular formula is C21H21ClN2O3S. The van der Waals surface area contributed by atoms with E-state index in [1.54, 1.807) is 54.6 Å². The first kappa shape index (κ1) is 20.2. The third-order valence-corrected chi connectivity index (χ3v) is 6.02. The molecule has 0 spiro atoms. The van der Waals surface area contributed by atoms with Crippen molar-refractivity contribution in [3.63, 3.8) is 0 Å². The molecule has 0 aliphatic rings. The number of anilines is 1. The second kappa shape index (κ2) is 8.65. The number of phenolic OH excluding ortho intramolecular Hbond substituents is 1. The summed E-state index contributed by atoms with van der Waals surface area (Å²) in [5, 5.41) is 10.1. The zero-order valence-corrected chi connectivity index (χ0v) is 16.9. The van der Waals surface area contributed by atoms with Crippen LogP contribution < -0.4 is 4.72 Å². The van der Waals surface area contributed by atoms with E-state index in [0.29, 0.717) is 23.8 Å². The highest BCUT2D eigenvalue weighted by Gasteiger charge is 2.14. The quantitative estimate of drug-likeness (QED) is 0.595. The minimum atomic E-state index is -3.63. The lowest BCUT2D eigenvalue weighted by Gasteiger charge is -2.18. The summed E-state index contributed by atoms with van der Waals surface area (Å²) in [5.41, 5.74) is 2.28. The van der Waals surface area contributed by atoms with Gasteiger partial charge in [0.15, 0.2) is 0 Å². The summed E-state index contributed by atoms with van der Waals surface area (Å²) in [5.74, 6) is 0.0601. The molecule has 3 rings (SSSR count). The fourth-order valence-electron chi connectivity index (χ4n) is 2.89. The number of rotatable bonds is 7. The van der Waals surface area contributed by atoms with Crippen LogP contribution in [0.3, 0.4) is 0 Å². The molecule has 0 heterocycles. The van der Waals surface area contributed by atoms with Gasteiger partial charge in [0.2, 0.25) is 0 Å². The van der Waals surface area contributed by atoms with Crippen molar-refractivity contribution < 1.29 is 13.5 Å². The molecule has 0 fully saturated rings. The van der Waals surface area contributed by atoms with Crippen LogP contribution in [0.4, 0.5) is 5.69 Å². The summed E-state index contributed by atoms with van der Waals surface area (Å²) < 4.78 is 27.6. The Labute approximate surface area is 170 Å². The van der Waals surface area contributed by atoms with Crippen molar-refractivity contribution in [2.24, 2.45) is 0 Å². The van der Waals surface area contributed by atoms with Gasteiger partial charge in [-0.05, 0) is 48.5 Å². The van der Waals surface area contributed by atoms with Crippen LogP contribution in [0.1, 0.15) is 11.1 Å². The Morgan fingerprint density at radius 1 is 0.964 bits per heavy atom. The van der Waals surface area contributed by atoms with Gasteiger partial charge in [0.1, 0.15) is 5.75 Å². The monoisotopic (exact) mass is 416 g/mol. The first-order valence-corrected chi connectivity index (χ1v) is 10.5. The van der Waals surface area contributed by atoms with E-state index in [9.17, 15) is 13.5 Å². The van der Waals surface area contributed by atoms with Crippen molar-refractivity contribution in [2.45, 2.75) is 18.0 Å². The zero-order chi connectivity index (χ0) is 20.1. The maximum atomic E-state index is 12.5. The van der Waals surface area contributed by atoms with Crippen LogP contribution in [0.15, 0.2) is 77.7 Å². The second-order valence-electron chi connectivity index (χ2n) is 6.54. The second-order valence-corrected chi connectivity index (χ2v) is 8.60. The molecule has 0 saturated carbocycles.